The van der Waals surface area contributed by atoms with Crippen molar-refractivity contribution in [2.24, 2.45) is 5.92 Å². The third kappa shape index (κ3) is 4.46. The molecule has 0 unspecified atom stereocenters. The number of aliphatic hydroxyl groups excluding tert-OH is 1. The number of amides is 2. The second kappa shape index (κ2) is 7.45. The van der Waals surface area contributed by atoms with Crippen LogP contribution in [0.1, 0.15) is 39.0 Å². The quantitative estimate of drug-likeness (QED) is 0.875. The molecule has 6 nitrogen and oxygen atoms in total. The summed E-state index contributed by atoms with van der Waals surface area (Å²) in [5.41, 5.74) is 0.712. The summed E-state index contributed by atoms with van der Waals surface area (Å²) in [5, 5.41) is 17.0. The number of aliphatic hydroxyl groups is 1. The van der Waals surface area contributed by atoms with Crippen LogP contribution in [0.2, 0.25) is 0 Å². The summed E-state index contributed by atoms with van der Waals surface area (Å²) in [6.45, 7) is 3.53. The zero-order valence-electron chi connectivity index (χ0n) is 13.0. The molecule has 2 N–H and O–H groups in total. The average Bonchev–Trinajstić information content (AvgIpc) is 2.89. The monoisotopic (exact) mass is 294 g/mol. The number of aryl methyl sites for hydroxylation is 1. The van der Waals surface area contributed by atoms with Crippen LogP contribution in [0.5, 0.6) is 0 Å². The summed E-state index contributed by atoms with van der Waals surface area (Å²) in [5.74, 6) is 0.192. The summed E-state index contributed by atoms with van der Waals surface area (Å²) >= 11 is 0. The zero-order chi connectivity index (χ0) is 15.2. The molecule has 6 heteroatoms. The standard InChI is InChI=1S/C15H26N4O2/c1-3-8-19-11-13(9-16-19)17-15(21)18(2)10-12-6-4-5-7-14(12)20/h9,11-12,14,20H,3-8,10H2,1-2H3,(H,17,21)/t12-,14-/m1/s1. The largest absolute Gasteiger partial charge is 0.393 e. The predicted octanol–water partition coefficient (Wildman–Crippen LogP) is 2.31. The lowest BCUT2D eigenvalue weighted by molar-refractivity contribution is 0.0575. The highest BCUT2D eigenvalue weighted by atomic mass is 16.3. The Morgan fingerprint density at radius 1 is 1.52 bits per heavy atom. The van der Waals surface area contributed by atoms with Gasteiger partial charge in [-0.3, -0.25) is 4.68 Å². The molecule has 1 aliphatic rings. The number of hydrogen-bond acceptors (Lipinski definition) is 3. The Labute approximate surface area is 126 Å². The predicted molar refractivity (Wildman–Crippen MR) is 82.1 cm³/mol. The van der Waals surface area contributed by atoms with Gasteiger partial charge in [0.1, 0.15) is 0 Å². The minimum atomic E-state index is -0.277. The van der Waals surface area contributed by atoms with Crippen molar-refractivity contribution in [2.45, 2.75) is 51.7 Å². The van der Waals surface area contributed by atoms with E-state index in [2.05, 4.69) is 17.3 Å². The van der Waals surface area contributed by atoms with Gasteiger partial charge in [-0.05, 0) is 19.3 Å². The fourth-order valence-electron chi connectivity index (χ4n) is 2.83. The summed E-state index contributed by atoms with van der Waals surface area (Å²) in [6.07, 6.45) is 8.31. The molecule has 1 saturated carbocycles. The third-order valence-corrected chi connectivity index (χ3v) is 4.06. The van der Waals surface area contributed by atoms with Crippen molar-refractivity contribution in [1.82, 2.24) is 14.7 Å². The van der Waals surface area contributed by atoms with E-state index in [1.54, 1.807) is 18.1 Å². The minimum Gasteiger partial charge on any atom is -0.393 e. The van der Waals surface area contributed by atoms with Crippen LogP contribution in [0.15, 0.2) is 12.4 Å². The van der Waals surface area contributed by atoms with E-state index in [1.807, 2.05) is 10.9 Å². The van der Waals surface area contributed by atoms with Crippen molar-refractivity contribution in [3.8, 4) is 0 Å². The fraction of sp³-hybridized carbons (Fsp3) is 0.733. The van der Waals surface area contributed by atoms with Crippen molar-refractivity contribution in [2.75, 3.05) is 18.9 Å². The first kappa shape index (κ1) is 15.8. The second-order valence-electron chi connectivity index (χ2n) is 5.91. The molecule has 1 aromatic heterocycles. The average molecular weight is 294 g/mol. The molecular weight excluding hydrogens is 268 g/mol. The summed E-state index contributed by atoms with van der Waals surface area (Å²) in [4.78, 5) is 13.8. The molecule has 1 fully saturated rings. The van der Waals surface area contributed by atoms with Gasteiger partial charge in [-0.15, -0.1) is 0 Å². The molecule has 2 rings (SSSR count). The molecule has 0 spiro atoms. The van der Waals surface area contributed by atoms with E-state index in [0.29, 0.717) is 12.2 Å². The van der Waals surface area contributed by atoms with Crippen LogP contribution in [-0.2, 0) is 6.54 Å². The van der Waals surface area contributed by atoms with E-state index in [0.717, 1.165) is 38.6 Å². The Morgan fingerprint density at radius 2 is 2.29 bits per heavy atom. The molecule has 0 aromatic carbocycles. The van der Waals surface area contributed by atoms with Crippen LogP contribution < -0.4 is 5.32 Å². The SMILES string of the molecule is CCCn1cc(NC(=O)N(C)C[C@H]2CCCC[C@H]2O)cn1. The molecule has 2 atom stereocenters. The van der Waals surface area contributed by atoms with Crippen LogP contribution in [0, 0.1) is 5.92 Å². The van der Waals surface area contributed by atoms with Gasteiger partial charge in [0.15, 0.2) is 0 Å². The smallest absolute Gasteiger partial charge is 0.321 e. The van der Waals surface area contributed by atoms with Gasteiger partial charge in [-0.25, -0.2) is 4.79 Å². The first-order chi connectivity index (χ1) is 10.1. The molecule has 2 amide bonds. The fourth-order valence-corrected chi connectivity index (χ4v) is 2.83. The van der Waals surface area contributed by atoms with Crippen LogP contribution in [-0.4, -0.2) is 45.5 Å². The first-order valence-corrected chi connectivity index (χ1v) is 7.82. The van der Waals surface area contributed by atoms with Crippen molar-refractivity contribution < 1.29 is 9.90 Å². The zero-order valence-corrected chi connectivity index (χ0v) is 13.0. The maximum absolute atomic E-state index is 12.2. The Balaban J connectivity index is 1.83. The third-order valence-electron chi connectivity index (χ3n) is 4.06. The first-order valence-electron chi connectivity index (χ1n) is 7.82. The lowest BCUT2D eigenvalue weighted by Crippen LogP contribution is -2.39. The highest BCUT2D eigenvalue weighted by Crippen LogP contribution is 2.25. The van der Waals surface area contributed by atoms with E-state index in [1.165, 1.54) is 0 Å². The van der Waals surface area contributed by atoms with Crippen molar-refractivity contribution >= 4 is 11.7 Å². The van der Waals surface area contributed by atoms with Gasteiger partial charge in [0.25, 0.3) is 0 Å². The number of carbonyl (C=O) groups excluding carboxylic acids is 1. The maximum atomic E-state index is 12.2. The Kier molecular flexibility index (Phi) is 5.61. The topological polar surface area (TPSA) is 70.4 Å². The highest BCUT2D eigenvalue weighted by molar-refractivity contribution is 5.88. The summed E-state index contributed by atoms with van der Waals surface area (Å²) in [6, 6.07) is -0.149. The molecule has 1 heterocycles. The molecule has 0 saturated heterocycles. The van der Waals surface area contributed by atoms with Gasteiger partial charge in [-0.2, -0.15) is 5.10 Å². The van der Waals surface area contributed by atoms with Crippen molar-refractivity contribution in [1.29, 1.82) is 0 Å². The molecule has 1 aliphatic carbocycles. The van der Waals surface area contributed by atoms with Gasteiger partial charge < -0.3 is 15.3 Å². The molecule has 0 radical (unpaired) electrons. The summed E-state index contributed by atoms with van der Waals surface area (Å²) in [7, 11) is 1.77. The number of nitrogens with one attached hydrogen (secondary N) is 1. The molecule has 0 bridgehead atoms. The van der Waals surface area contributed by atoms with Gasteiger partial charge in [0.2, 0.25) is 0 Å². The molecule has 118 valence electrons. The Bertz CT molecular complexity index is 460. The normalized spacial score (nSPS) is 22.0. The Hall–Kier alpha value is -1.56. The maximum Gasteiger partial charge on any atom is 0.321 e. The number of hydrogen-bond donors (Lipinski definition) is 2. The van der Waals surface area contributed by atoms with E-state index < -0.39 is 0 Å². The van der Waals surface area contributed by atoms with Crippen LogP contribution in [0.3, 0.4) is 0 Å². The van der Waals surface area contributed by atoms with Crippen LogP contribution in [0.25, 0.3) is 0 Å². The number of aromatic nitrogens is 2. The lowest BCUT2D eigenvalue weighted by Gasteiger charge is -2.31. The van der Waals surface area contributed by atoms with Crippen LogP contribution in [0.4, 0.5) is 10.5 Å². The molecule has 21 heavy (non-hydrogen) atoms. The van der Waals surface area contributed by atoms with E-state index in [4.69, 9.17) is 0 Å². The number of anilines is 1. The molecule has 1 aromatic rings. The Morgan fingerprint density at radius 3 is 3.00 bits per heavy atom. The van der Waals surface area contributed by atoms with Gasteiger partial charge in [0.05, 0.1) is 18.0 Å². The van der Waals surface area contributed by atoms with Gasteiger partial charge >= 0.3 is 6.03 Å². The lowest BCUT2D eigenvalue weighted by atomic mass is 9.86. The van der Waals surface area contributed by atoms with Crippen LogP contribution >= 0.6 is 0 Å². The van der Waals surface area contributed by atoms with Gasteiger partial charge in [-0.1, -0.05) is 19.8 Å². The minimum absolute atomic E-state index is 0.149. The number of rotatable bonds is 5. The highest BCUT2D eigenvalue weighted by Gasteiger charge is 2.25. The van der Waals surface area contributed by atoms with E-state index in [9.17, 15) is 9.90 Å². The number of nitrogens with zero attached hydrogens (tertiary/aromatic N) is 3. The second-order valence-corrected chi connectivity index (χ2v) is 5.91. The summed E-state index contributed by atoms with van der Waals surface area (Å²) < 4.78 is 1.82. The number of urea groups is 1. The number of carbonyl (C=O) groups is 1. The van der Waals surface area contributed by atoms with E-state index in [-0.39, 0.29) is 18.1 Å². The van der Waals surface area contributed by atoms with Crippen molar-refractivity contribution in [3.63, 3.8) is 0 Å². The van der Waals surface area contributed by atoms with Gasteiger partial charge in [0, 0.05) is 32.3 Å². The van der Waals surface area contributed by atoms with E-state index >= 15 is 0 Å². The molecular formula is C15H26N4O2. The van der Waals surface area contributed by atoms with Crippen molar-refractivity contribution in [3.05, 3.63) is 12.4 Å². The molecule has 0 aliphatic heterocycles.